The normalized spacial score (nSPS) is 18.4. The van der Waals surface area contributed by atoms with Crippen LogP contribution in [0.2, 0.25) is 0 Å². The first-order valence-electron chi connectivity index (χ1n) is 6.32. The van der Waals surface area contributed by atoms with Crippen LogP contribution in [0.1, 0.15) is 12.5 Å². The first kappa shape index (κ1) is 14.4. The van der Waals surface area contributed by atoms with E-state index in [-0.39, 0.29) is 5.91 Å². The molecule has 1 aromatic carbocycles. The number of aliphatic imine (C=N–C) groups is 1. The molecule has 1 aliphatic heterocycles. The van der Waals surface area contributed by atoms with E-state index in [1.807, 2.05) is 37.3 Å². The molecule has 4 nitrogen and oxygen atoms in total. The second-order valence-corrected chi connectivity index (χ2v) is 5.03. The Bertz CT molecular complexity index is 562. The summed E-state index contributed by atoms with van der Waals surface area (Å²) >= 11 is 1.34. The SMILES string of the molecule is C=CCN=C1NC(=O)/C(=C\c2ccc(OCC)cc2)S1. The fourth-order valence-corrected chi connectivity index (χ4v) is 2.46. The smallest absolute Gasteiger partial charge is 0.264 e. The Balaban J connectivity index is 2.10. The molecule has 1 aromatic rings. The number of thioether (sulfide) groups is 1. The van der Waals surface area contributed by atoms with Gasteiger partial charge in [0.15, 0.2) is 5.17 Å². The lowest BCUT2D eigenvalue weighted by Crippen LogP contribution is -2.19. The topological polar surface area (TPSA) is 50.7 Å². The lowest BCUT2D eigenvalue weighted by molar-refractivity contribution is -0.115. The van der Waals surface area contributed by atoms with Gasteiger partial charge in [0, 0.05) is 0 Å². The van der Waals surface area contributed by atoms with Gasteiger partial charge in [-0.05, 0) is 42.5 Å². The average Bonchev–Trinajstić information content (AvgIpc) is 2.79. The maximum Gasteiger partial charge on any atom is 0.264 e. The highest BCUT2D eigenvalue weighted by Crippen LogP contribution is 2.26. The van der Waals surface area contributed by atoms with E-state index in [0.717, 1.165) is 11.3 Å². The van der Waals surface area contributed by atoms with Crippen molar-refractivity contribution in [1.82, 2.24) is 5.32 Å². The maximum absolute atomic E-state index is 11.8. The summed E-state index contributed by atoms with van der Waals surface area (Å²) < 4.78 is 5.38. The molecule has 104 valence electrons. The van der Waals surface area contributed by atoms with Crippen LogP contribution in [0, 0.1) is 0 Å². The summed E-state index contributed by atoms with van der Waals surface area (Å²) in [6.07, 6.45) is 3.53. The predicted molar refractivity (Wildman–Crippen MR) is 83.8 cm³/mol. The van der Waals surface area contributed by atoms with Crippen LogP contribution in [0.25, 0.3) is 6.08 Å². The van der Waals surface area contributed by atoms with Gasteiger partial charge in [-0.3, -0.25) is 9.79 Å². The van der Waals surface area contributed by atoms with Crippen molar-refractivity contribution in [3.05, 3.63) is 47.4 Å². The number of hydrogen-bond acceptors (Lipinski definition) is 4. The summed E-state index contributed by atoms with van der Waals surface area (Å²) in [5.74, 6) is 0.707. The molecule has 0 radical (unpaired) electrons. The number of benzene rings is 1. The summed E-state index contributed by atoms with van der Waals surface area (Å²) in [6, 6.07) is 7.62. The predicted octanol–water partition coefficient (Wildman–Crippen LogP) is 2.83. The molecule has 1 fully saturated rings. The number of carbonyl (C=O) groups is 1. The Morgan fingerprint density at radius 1 is 1.40 bits per heavy atom. The van der Waals surface area contributed by atoms with Gasteiger partial charge in [0.05, 0.1) is 18.1 Å². The van der Waals surface area contributed by atoms with Crippen LogP contribution in [0.4, 0.5) is 0 Å². The van der Waals surface area contributed by atoms with E-state index in [1.54, 1.807) is 6.08 Å². The minimum absolute atomic E-state index is 0.119. The monoisotopic (exact) mass is 288 g/mol. The van der Waals surface area contributed by atoms with Gasteiger partial charge >= 0.3 is 0 Å². The van der Waals surface area contributed by atoms with Gasteiger partial charge in [0.2, 0.25) is 0 Å². The zero-order valence-electron chi connectivity index (χ0n) is 11.3. The molecule has 0 atom stereocenters. The van der Waals surface area contributed by atoms with Crippen molar-refractivity contribution in [2.24, 2.45) is 4.99 Å². The molecule has 20 heavy (non-hydrogen) atoms. The van der Waals surface area contributed by atoms with Crippen molar-refractivity contribution in [3.8, 4) is 5.75 Å². The molecule has 1 heterocycles. The van der Waals surface area contributed by atoms with Gasteiger partial charge in [-0.25, -0.2) is 0 Å². The molecule has 0 aliphatic carbocycles. The quantitative estimate of drug-likeness (QED) is 0.669. The van der Waals surface area contributed by atoms with Crippen molar-refractivity contribution in [3.63, 3.8) is 0 Å². The molecule has 0 unspecified atom stereocenters. The standard InChI is InChI=1S/C15H16N2O2S/c1-3-9-16-15-17-14(18)13(20-15)10-11-5-7-12(8-6-11)19-4-2/h3,5-8,10H,1,4,9H2,2H3,(H,16,17,18)/b13-10+. The maximum atomic E-state index is 11.8. The van der Waals surface area contributed by atoms with Gasteiger partial charge in [-0.2, -0.15) is 0 Å². The zero-order chi connectivity index (χ0) is 14.4. The lowest BCUT2D eigenvalue weighted by Gasteiger charge is -2.02. The number of carbonyl (C=O) groups excluding carboxylic acids is 1. The number of amidine groups is 1. The molecular formula is C15H16N2O2S. The third kappa shape index (κ3) is 3.74. The van der Waals surface area contributed by atoms with E-state index in [1.165, 1.54) is 11.8 Å². The van der Waals surface area contributed by atoms with Gasteiger partial charge in [-0.15, -0.1) is 6.58 Å². The molecule has 1 aliphatic rings. The van der Waals surface area contributed by atoms with Crippen LogP contribution in [-0.4, -0.2) is 24.2 Å². The summed E-state index contributed by atoms with van der Waals surface area (Å²) in [5.41, 5.74) is 0.955. The Morgan fingerprint density at radius 2 is 2.15 bits per heavy atom. The van der Waals surface area contributed by atoms with Crippen molar-refractivity contribution in [1.29, 1.82) is 0 Å². The number of nitrogens with one attached hydrogen (secondary N) is 1. The highest BCUT2D eigenvalue weighted by molar-refractivity contribution is 8.18. The Hall–Kier alpha value is -2.01. The first-order valence-corrected chi connectivity index (χ1v) is 7.13. The second-order valence-electron chi connectivity index (χ2n) is 4.00. The third-order valence-corrected chi connectivity index (χ3v) is 3.45. The molecule has 0 spiro atoms. The molecule has 0 aromatic heterocycles. The van der Waals surface area contributed by atoms with E-state index in [9.17, 15) is 4.79 Å². The van der Waals surface area contributed by atoms with E-state index < -0.39 is 0 Å². The Kier molecular flexibility index (Phi) is 5.01. The summed E-state index contributed by atoms with van der Waals surface area (Å²) in [4.78, 5) is 16.6. The first-order chi connectivity index (χ1) is 9.72. The minimum Gasteiger partial charge on any atom is -0.494 e. The Labute approximate surface area is 122 Å². The van der Waals surface area contributed by atoms with E-state index in [0.29, 0.717) is 23.2 Å². The molecule has 2 rings (SSSR count). The van der Waals surface area contributed by atoms with E-state index in [4.69, 9.17) is 4.74 Å². The largest absolute Gasteiger partial charge is 0.494 e. The molecule has 5 heteroatoms. The fraction of sp³-hybridized carbons (Fsp3) is 0.200. The molecule has 0 saturated carbocycles. The average molecular weight is 288 g/mol. The molecule has 0 bridgehead atoms. The van der Waals surface area contributed by atoms with E-state index >= 15 is 0 Å². The van der Waals surface area contributed by atoms with Crippen LogP contribution >= 0.6 is 11.8 Å². The lowest BCUT2D eigenvalue weighted by atomic mass is 10.2. The summed E-state index contributed by atoms with van der Waals surface area (Å²) in [7, 11) is 0. The zero-order valence-corrected chi connectivity index (χ0v) is 12.1. The molecular weight excluding hydrogens is 272 g/mol. The summed E-state index contributed by atoms with van der Waals surface area (Å²) in [6.45, 7) is 6.68. The fourth-order valence-electron chi connectivity index (χ4n) is 1.63. The van der Waals surface area contributed by atoms with Crippen LogP contribution < -0.4 is 10.1 Å². The van der Waals surface area contributed by atoms with Crippen LogP contribution in [0.3, 0.4) is 0 Å². The van der Waals surface area contributed by atoms with Crippen LogP contribution in [0.15, 0.2) is 46.8 Å². The van der Waals surface area contributed by atoms with Crippen LogP contribution in [0.5, 0.6) is 5.75 Å². The number of nitrogens with zero attached hydrogens (tertiary/aromatic N) is 1. The number of rotatable bonds is 5. The Morgan fingerprint density at radius 3 is 2.80 bits per heavy atom. The highest BCUT2D eigenvalue weighted by atomic mass is 32.2. The minimum atomic E-state index is -0.119. The van der Waals surface area contributed by atoms with Gasteiger partial charge in [0.1, 0.15) is 5.75 Å². The highest BCUT2D eigenvalue weighted by Gasteiger charge is 2.23. The third-order valence-electron chi connectivity index (χ3n) is 2.50. The van der Waals surface area contributed by atoms with E-state index in [2.05, 4.69) is 16.9 Å². The van der Waals surface area contributed by atoms with Crippen molar-refractivity contribution in [2.45, 2.75) is 6.92 Å². The van der Waals surface area contributed by atoms with Gasteiger partial charge in [0.25, 0.3) is 5.91 Å². The second kappa shape index (κ2) is 6.96. The van der Waals surface area contributed by atoms with Crippen molar-refractivity contribution in [2.75, 3.05) is 13.2 Å². The van der Waals surface area contributed by atoms with Crippen molar-refractivity contribution < 1.29 is 9.53 Å². The molecule has 1 saturated heterocycles. The van der Waals surface area contributed by atoms with Gasteiger partial charge < -0.3 is 10.1 Å². The van der Waals surface area contributed by atoms with Crippen molar-refractivity contribution >= 4 is 28.9 Å². The number of amides is 1. The van der Waals surface area contributed by atoms with Crippen LogP contribution in [-0.2, 0) is 4.79 Å². The number of hydrogen-bond donors (Lipinski definition) is 1. The molecule has 1 amide bonds. The summed E-state index contributed by atoms with van der Waals surface area (Å²) in [5, 5.41) is 3.34. The van der Waals surface area contributed by atoms with Gasteiger partial charge in [-0.1, -0.05) is 18.2 Å². The number of ether oxygens (including phenoxy) is 1. The molecule has 1 N–H and O–H groups in total.